The summed E-state index contributed by atoms with van der Waals surface area (Å²) in [5.41, 5.74) is 4.63. The van der Waals surface area contributed by atoms with Crippen LogP contribution in [0.2, 0.25) is 0 Å². The first-order chi connectivity index (χ1) is 11.3. The molecule has 0 N–H and O–H groups in total. The van der Waals surface area contributed by atoms with E-state index in [2.05, 4.69) is 10.3 Å². The molecule has 0 saturated heterocycles. The number of rotatable bonds is 2. The molecule has 1 aromatic heterocycles. The average Bonchev–Trinajstić information content (AvgIpc) is 3.00. The van der Waals surface area contributed by atoms with Crippen molar-refractivity contribution in [1.82, 2.24) is 15.0 Å². The van der Waals surface area contributed by atoms with Crippen LogP contribution in [0.15, 0.2) is 60.3 Å². The van der Waals surface area contributed by atoms with Gasteiger partial charge in [0.1, 0.15) is 5.52 Å². The van der Waals surface area contributed by atoms with Crippen LogP contribution in [0, 0.1) is 0 Å². The van der Waals surface area contributed by atoms with E-state index in [-0.39, 0.29) is 5.91 Å². The second-order valence-electron chi connectivity index (χ2n) is 5.59. The lowest BCUT2D eigenvalue weighted by Crippen LogP contribution is -2.34. The molecule has 0 atom stereocenters. The molecule has 0 saturated carbocycles. The third-order valence-electron chi connectivity index (χ3n) is 4.20. The summed E-state index contributed by atoms with van der Waals surface area (Å²) in [4.78, 5) is 14.2. The van der Waals surface area contributed by atoms with Crippen LogP contribution in [0.5, 0.6) is 0 Å². The number of para-hydroxylation sites is 2. The summed E-state index contributed by atoms with van der Waals surface area (Å²) in [7, 11) is 0. The van der Waals surface area contributed by atoms with Crippen molar-refractivity contribution >= 4 is 28.3 Å². The Hall–Kier alpha value is -2.95. The molecular weight excluding hydrogens is 288 g/mol. The maximum absolute atomic E-state index is 12.4. The highest BCUT2D eigenvalue weighted by Crippen LogP contribution is 2.32. The minimum Gasteiger partial charge on any atom is -0.283 e. The Kier molecular flexibility index (Phi) is 3.19. The fourth-order valence-corrected chi connectivity index (χ4v) is 3.08. The summed E-state index contributed by atoms with van der Waals surface area (Å²) in [5, 5.41) is 8.51. The molecule has 5 heteroatoms. The summed E-state index contributed by atoms with van der Waals surface area (Å²) in [6.45, 7) is 1.97. The van der Waals surface area contributed by atoms with Crippen LogP contribution < -0.4 is 4.90 Å². The summed E-state index contributed by atoms with van der Waals surface area (Å²) >= 11 is 0. The summed E-state index contributed by atoms with van der Waals surface area (Å²) in [6, 6.07) is 17.6. The molecule has 0 unspecified atom stereocenters. The van der Waals surface area contributed by atoms with Gasteiger partial charge in [0, 0.05) is 24.2 Å². The van der Waals surface area contributed by atoms with Crippen molar-refractivity contribution in [3.05, 3.63) is 60.3 Å². The molecule has 1 amide bonds. The standard InChI is InChI=1S/C18H16N4O/c1-13-16(22-17-10-6-5-9-15(17)19-20-22)11-12-18(23)21(13)14-7-3-2-4-8-14/h2-10H,11-12H2,1H3. The van der Waals surface area contributed by atoms with Crippen LogP contribution in [0.4, 0.5) is 5.69 Å². The average molecular weight is 304 g/mol. The molecule has 0 radical (unpaired) electrons. The molecule has 1 aliphatic heterocycles. The van der Waals surface area contributed by atoms with Crippen molar-refractivity contribution in [3.8, 4) is 0 Å². The smallest absolute Gasteiger partial charge is 0.231 e. The molecule has 1 aliphatic rings. The Bertz CT molecular complexity index is 911. The normalized spacial score (nSPS) is 15.5. The monoisotopic (exact) mass is 304 g/mol. The topological polar surface area (TPSA) is 51.0 Å². The van der Waals surface area contributed by atoms with Crippen LogP contribution >= 0.6 is 0 Å². The number of carbonyl (C=O) groups is 1. The minimum atomic E-state index is 0.113. The van der Waals surface area contributed by atoms with E-state index in [0.717, 1.165) is 28.1 Å². The van der Waals surface area contributed by atoms with E-state index < -0.39 is 0 Å². The van der Waals surface area contributed by atoms with Crippen molar-refractivity contribution in [2.45, 2.75) is 19.8 Å². The predicted molar refractivity (Wildman–Crippen MR) is 89.6 cm³/mol. The molecule has 0 fully saturated rings. The van der Waals surface area contributed by atoms with Crippen LogP contribution in [0.1, 0.15) is 19.8 Å². The summed E-state index contributed by atoms with van der Waals surface area (Å²) < 4.78 is 1.85. The van der Waals surface area contributed by atoms with Gasteiger partial charge in [-0.15, -0.1) is 5.10 Å². The molecule has 4 rings (SSSR count). The second kappa shape index (κ2) is 5.35. The molecule has 3 aromatic rings. The van der Waals surface area contributed by atoms with Crippen LogP contribution in [0.25, 0.3) is 16.7 Å². The SMILES string of the molecule is CC1=C(n2nnc3ccccc32)CCC(=O)N1c1ccccc1. The zero-order chi connectivity index (χ0) is 15.8. The Morgan fingerprint density at radius 2 is 1.70 bits per heavy atom. The van der Waals surface area contributed by atoms with Gasteiger partial charge in [-0.25, -0.2) is 4.68 Å². The van der Waals surface area contributed by atoms with Crippen molar-refractivity contribution in [2.24, 2.45) is 0 Å². The van der Waals surface area contributed by atoms with E-state index in [0.29, 0.717) is 12.8 Å². The fourth-order valence-electron chi connectivity index (χ4n) is 3.08. The first-order valence-electron chi connectivity index (χ1n) is 7.64. The van der Waals surface area contributed by atoms with E-state index in [4.69, 9.17) is 0 Å². The molecule has 2 heterocycles. The van der Waals surface area contributed by atoms with Crippen molar-refractivity contribution in [1.29, 1.82) is 0 Å². The lowest BCUT2D eigenvalue weighted by Gasteiger charge is -2.30. The van der Waals surface area contributed by atoms with Crippen molar-refractivity contribution < 1.29 is 4.79 Å². The van der Waals surface area contributed by atoms with Gasteiger partial charge in [0.05, 0.1) is 11.2 Å². The van der Waals surface area contributed by atoms with E-state index in [1.807, 2.05) is 66.2 Å². The van der Waals surface area contributed by atoms with Gasteiger partial charge in [0.15, 0.2) is 0 Å². The Morgan fingerprint density at radius 1 is 0.957 bits per heavy atom. The molecule has 0 aliphatic carbocycles. The first kappa shape index (κ1) is 13.7. The molecule has 23 heavy (non-hydrogen) atoms. The molecule has 2 aromatic carbocycles. The number of allylic oxidation sites excluding steroid dienone is 2. The van der Waals surface area contributed by atoms with Gasteiger partial charge in [0.25, 0.3) is 0 Å². The van der Waals surface area contributed by atoms with Crippen LogP contribution in [-0.4, -0.2) is 20.9 Å². The first-order valence-corrected chi connectivity index (χ1v) is 7.64. The van der Waals surface area contributed by atoms with Crippen molar-refractivity contribution in [3.63, 3.8) is 0 Å². The zero-order valence-corrected chi connectivity index (χ0v) is 12.8. The zero-order valence-electron chi connectivity index (χ0n) is 12.8. The number of hydrogen-bond acceptors (Lipinski definition) is 3. The maximum atomic E-state index is 12.4. The largest absolute Gasteiger partial charge is 0.283 e. The third-order valence-corrected chi connectivity index (χ3v) is 4.20. The lowest BCUT2D eigenvalue weighted by atomic mass is 10.1. The van der Waals surface area contributed by atoms with E-state index in [1.165, 1.54) is 0 Å². The van der Waals surface area contributed by atoms with Gasteiger partial charge in [-0.1, -0.05) is 35.5 Å². The third kappa shape index (κ3) is 2.21. The van der Waals surface area contributed by atoms with Gasteiger partial charge >= 0.3 is 0 Å². The number of hydrogen-bond donors (Lipinski definition) is 0. The number of fused-ring (bicyclic) bond motifs is 1. The van der Waals surface area contributed by atoms with Crippen LogP contribution in [0.3, 0.4) is 0 Å². The molecule has 5 nitrogen and oxygen atoms in total. The second-order valence-corrected chi connectivity index (χ2v) is 5.59. The van der Waals surface area contributed by atoms with Crippen molar-refractivity contribution in [2.75, 3.05) is 4.90 Å². The van der Waals surface area contributed by atoms with E-state index >= 15 is 0 Å². The summed E-state index contributed by atoms with van der Waals surface area (Å²) in [5.74, 6) is 0.113. The molecule has 0 bridgehead atoms. The minimum absolute atomic E-state index is 0.113. The maximum Gasteiger partial charge on any atom is 0.231 e. The number of benzene rings is 2. The van der Waals surface area contributed by atoms with Gasteiger partial charge in [-0.05, 0) is 31.2 Å². The highest BCUT2D eigenvalue weighted by Gasteiger charge is 2.27. The molecular formula is C18H16N4O. The highest BCUT2D eigenvalue weighted by molar-refractivity contribution is 6.00. The lowest BCUT2D eigenvalue weighted by molar-refractivity contribution is -0.118. The van der Waals surface area contributed by atoms with E-state index in [9.17, 15) is 4.79 Å². The number of amides is 1. The van der Waals surface area contributed by atoms with Crippen LogP contribution in [-0.2, 0) is 4.79 Å². The number of nitrogens with zero attached hydrogens (tertiary/aromatic N) is 4. The van der Waals surface area contributed by atoms with Gasteiger partial charge in [-0.3, -0.25) is 9.69 Å². The Labute approximate surface area is 133 Å². The quantitative estimate of drug-likeness (QED) is 0.728. The molecule has 114 valence electrons. The number of carbonyl (C=O) groups excluding carboxylic acids is 1. The Morgan fingerprint density at radius 3 is 2.52 bits per heavy atom. The molecule has 0 spiro atoms. The number of anilines is 1. The summed E-state index contributed by atoms with van der Waals surface area (Å²) in [6.07, 6.45) is 1.14. The predicted octanol–water partition coefficient (Wildman–Crippen LogP) is 3.45. The Balaban J connectivity index is 1.87. The van der Waals surface area contributed by atoms with Gasteiger partial charge in [0.2, 0.25) is 5.91 Å². The van der Waals surface area contributed by atoms with Gasteiger partial charge < -0.3 is 0 Å². The fraction of sp³-hybridized carbons (Fsp3) is 0.167. The highest BCUT2D eigenvalue weighted by atomic mass is 16.2. The van der Waals surface area contributed by atoms with E-state index in [1.54, 1.807) is 4.90 Å². The van der Waals surface area contributed by atoms with Gasteiger partial charge in [-0.2, -0.15) is 0 Å². The number of aromatic nitrogens is 3.